The molecule has 1 heterocycles. The van der Waals surface area contributed by atoms with Crippen molar-refractivity contribution in [1.29, 1.82) is 0 Å². The Labute approximate surface area is 172 Å². The first-order valence-electron chi connectivity index (χ1n) is 12.2. The highest BCUT2D eigenvalue weighted by atomic mass is 16.3. The molecule has 28 heavy (non-hydrogen) atoms. The maximum atomic E-state index is 12.1. The van der Waals surface area contributed by atoms with Gasteiger partial charge in [-0.3, -0.25) is 0 Å². The van der Waals surface area contributed by atoms with Gasteiger partial charge >= 0.3 is 0 Å². The minimum atomic E-state index is -0.651. The summed E-state index contributed by atoms with van der Waals surface area (Å²) in [5.74, 6) is 3.56. The van der Waals surface area contributed by atoms with Crippen molar-refractivity contribution in [2.45, 2.75) is 83.7 Å². The summed E-state index contributed by atoms with van der Waals surface area (Å²) in [6.07, 6.45) is 17.5. The first-order valence-corrected chi connectivity index (χ1v) is 12.2. The number of allylic oxidation sites excluding steroid dienone is 1. The maximum absolute atomic E-state index is 12.1. The molecule has 5 rings (SSSR count). The number of nitrogens with one attached hydrogen (secondary N) is 1. The van der Waals surface area contributed by atoms with E-state index in [9.17, 15) is 5.11 Å². The fourth-order valence-electron chi connectivity index (χ4n) is 8.58. The van der Waals surface area contributed by atoms with Crippen molar-refractivity contribution in [3.8, 4) is 0 Å². The third-order valence-corrected chi connectivity index (χ3v) is 10.4. The number of hydrogen-bond acceptors (Lipinski definition) is 2. The Balaban J connectivity index is 1.38. The van der Waals surface area contributed by atoms with Crippen LogP contribution in [0.5, 0.6) is 0 Å². The summed E-state index contributed by atoms with van der Waals surface area (Å²) in [6.45, 7) is 11.8. The molecule has 0 aromatic heterocycles. The minimum absolute atomic E-state index is 0.0379. The van der Waals surface area contributed by atoms with Gasteiger partial charge in [0.05, 0.1) is 5.60 Å². The van der Waals surface area contributed by atoms with Gasteiger partial charge in [-0.25, -0.2) is 0 Å². The number of fused-ring (bicyclic) bond motifs is 5. The second-order valence-electron chi connectivity index (χ2n) is 11.7. The van der Waals surface area contributed by atoms with Gasteiger partial charge in [-0.2, -0.15) is 0 Å². The molecular weight excluding hydrogens is 342 g/mol. The van der Waals surface area contributed by atoms with Crippen molar-refractivity contribution in [2.24, 2.45) is 40.4 Å². The summed E-state index contributed by atoms with van der Waals surface area (Å²) in [6, 6.07) is 0. The number of hydrogen-bond donors (Lipinski definition) is 2. The van der Waals surface area contributed by atoms with Crippen LogP contribution in [0.15, 0.2) is 24.3 Å². The summed E-state index contributed by atoms with van der Waals surface area (Å²) < 4.78 is 0. The Hall–Kier alpha value is -0.600. The van der Waals surface area contributed by atoms with Crippen LogP contribution in [0.4, 0.5) is 0 Å². The van der Waals surface area contributed by atoms with E-state index in [1.807, 2.05) is 0 Å². The third-order valence-electron chi connectivity index (χ3n) is 10.4. The highest BCUT2D eigenvalue weighted by molar-refractivity contribution is 5.29. The van der Waals surface area contributed by atoms with E-state index < -0.39 is 5.60 Å². The third kappa shape index (κ3) is 2.73. The van der Waals surface area contributed by atoms with Crippen LogP contribution >= 0.6 is 0 Å². The van der Waals surface area contributed by atoms with E-state index in [0.29, 0.717) is 23.2 Å². The van der Waals surface area contributed by atoms with Crippen molar-refractivity contribution < 1.29 is 5.11 Å². The lowest BCUT2D eigenvalue weighted by molar-refractivity contribution is -0.177. The minimum Gasteiger partial charge on any atom is -0.385 e. The molecule has 2 N–H and O–H groups in total. The molecule has 0 aromatic carbocycles. The fraction of sp³-hybridized carbons (Fsp3) is 0.846. The quantitative estimate of drug-likeness (QED) is 0.619. The molecule has 2 nitrogen and oxygen atoms in total. The molecule has 0 bridgehead atoms. The summed E-state index contributed by atoms with van der Waals surface area (Å²) in [5.41, 5.74) is 1.13. The van der Waals surface area contributed by atoms with Gasteiger partial charge in [-0.15, -0.1) is 0 Å². The predicted octanol–water partition coefficient (Wildman–Crippen LogP) is 5.48. The summed E-state index contributed by atoms with van der Waals surface area (Å²) in [5, 5.41) is 15.5. The molecular formula is C26H41NO. The van der Waals surface area contributed by atoms with Gasteiger partial charge in [0.1, 0.15) is 0 Å². The molecule has 2 heteroatoms. The van der Waals surface area contributed by atoms with Crippen LogP contribution in [0.1, 0.15) is 78.1 Å². The van der Waals surface area contributed by atoms with E-state index in [1.54, 1.807) is 0 Å². The van der Waals surface area contributed by atoms with Crippen LogP contribution < -0.4 is 5.32 Å². The van der Waals surface area contributed by atoms with Crippen molar-refractivity contribution in [2.75, 3.05) is 13.1 Å². The van der Waals surface area contributed by atoms with Crippen molar-refractivity contribution >= 4 is 0 Å². The Morgan fingerprint density at radius 3 is 2.61 bits per heavy atom. The Kier molecular flexibility index (Phi) is 4.64. The molecule has 1 aliphatic heterocycles. The number of aliphatic hydroxyl groups is 1. The van der Waals surface area contributed by atoms with Crippen LogP contribution in [0.3, 0.4) is 0 Å². The van der Waals surface area contributed by atoms with E-state index in [-0.39, 0.29) is 5.41 Å². The summed E-state index contributed by atoms with van der Waals surface area (Å²) in [4.78, 5) is 0. The second-order valence-corrected chi connectivity index (χ2v) is 11.7. The van der Waals surface area contributed by atoms with E-state index >= 15 is 0 Å². The first-order chi connectivity index (χ1) is 13.4. The van der Waals surface area contributed by atoms with Crippen LogP contribution in [-0.4, -0.2) is 23.8 Å². The molecule has 8 atom stereocenters. The van der Waals surface area contributed by atoms with E-state index in [0.717, 1.165) is 37.8 Å². The lowest BCUT2D eigenvalue weighted by atomic mass is 9.42. The molecule has 4 aliphatic carbocycles. The average molecular weight is 384 g/mol. The van der Waals surface area contributed by atoms with E-state index in [1.165, 1.54) is 56.9 Å². The molecule has 5 fully saturated rings. The van der Waals surface area contributed by atoms with Crippen molar-refractivity contribution in [3.05, 3.63) is 24.3 Å². The zero-order valence-corrected chi connectivity index (χ0v) is 18.2. The van der Waals surface area contributed by atoms with E-state index in [4.69, 9.17) is 0 Å². The van der Waals surface area contributed by atoms with Gasteiger partial charge in [0, 0.05) is 12.0 Å². The largest absolute Gasteiger partial charge is 0.385 e. The first kappa shape index (κ1) is 19.4. The monoisotopic (exact) mass is 383 g/mol. The summed E-state index contributed by atoms with van der Waals surface area (Å²) >= 11 is 0. The molecule has 0 aromatic rings. The topological polar surface area (TPSA) is 32.3 Å². The smallest absolute Gasteiger partial charge is 0.0915 e. The SMILES string of the molecule is C=C1C[C@H]2[C@@H]3CCC[C@@]3(C)CC[C@@H]2[C@@]2(C)CC[C@@H](/C=C\[C@H]3CCNC3)C[C@]12O. The van der Waals surface area contributed by atoms with E-state index in [2.05, 4.69) is 37.9 Å². The predicted molar refractivity (Wildman–Crippen MR) is 116 cm³/mol. The Bertz CT molecular complexity index is 663. The van der Waals surface area contributed by atoms with Crippen LogP contribution in [-0.2, 0) is 0 Å². The maximum Gasteiger partial charge on any atom is 0.0915 e. The molecule has 156 valence electrons. The lowest BCUT2D eigenvalue weighted by Crippen LogP contribution is -2.62. The number of rotatable bonds is 2. The zero-order chi connectivity index (χ0) is 19.6. The highest BCUT2D eigenvalue weighted by Gasteiger charge is 2.64. The molecule has 0 radical (unpaired) electrons. The molecule has 0 spiro atoms. The average Bonchev–Trinajstić information content (AvgIpc) is 3.31. The van der Waals surface area contributed by atoms with Gasteiger partial charge in [0.2, 0.25) is 0 Å². The summed E-state index contributed by atoms with van der Waals surface area (Å²) in [7, 11) is 0. The zero-order valence-electron chi connectivity index (χ0n) is 18.2. The van der Waals surface area contributed by atoms with Crippen molar-refractivity contribution in [1.82, 2.24) is 5.32 Å². The van der Waals surface area contributed by atoms with Gasteiger partial charge < -0.3 is 10.4 Å². The van der Waals surface area contributed by atoms with Gasteiger partial charge in [0.25, 0.3) is 0 Å². The second kappa shape index (κ2) is 6.71. The Morgan fingerprint density at radius 2 is 1.82 bits per heavy atom. The lowest BCUT2D eigenvalue weighted by Gasteiger charge is -2.64. The van der Waals surface area contributed by atoms with Crippen LogP contribution in [0.2, 0.25) is 0 Å². The molecule has 4 saturated carbocycles. The van der Waals surface area contributed by atoms with Gasteiger partial charge in [-0.1, -0.05) is 39.0 Å². The van der Waals surface area contributed by atoms with Crippen molar-refractivity contribution in [3.63, 3.8) is 0 Å². The Morgan fingerprint density at radius 1 is 1.00 bits per heavy atom. The normalized spacial score (nSPS) is 53.8. The highest BCUT2D eigenvalue weighted by Crippen LogP contribution is 2.68. The standard InChI is InChI=1S/C26H41NO/c1-18-15-21-22-5-4-11-24(22,2)12-9-23(21)25(3)13-8-19(16-26(18,25)28)6-7-20-10-14-27-17-20/h6-7,19-23,27-28H,1,4-5,8-17H2,2-3H3/b7-6-/t19-,20+,21+,22+,23+,24+,25-,26+/m1/s1. The van der Waals surface area contributed by atoms with Gasteiger partial charge in [0.15, 0.2) is 0 Å². The fourth-order valence-corrected chi connectivity index (χ4v) is 8.58. The van der Waals surface area contributed by atoms with Crippen LogP contribution in [0, 0.1) is 40.4 Å². The molecule has 1 saturated heterocycles. The van der Waals surface area contributed by atoms with Gasteiger partial charge in [-0.05, 0) is 105 Å². The van der Waals surface area contributed by atoms with Crippen LogP contribution in [0.25, 0.3) is 0 Å². The molecule has 0 unspecified atom stereocenters. The molecule has 0 amide bonds. The molecule has 5 aliphatic rings.